The van der Waals surface area contributed by atoms with Gasteiger partial charge in [0.15, 0.2) is 11.0 Å². The van der Waals surface area contributed by atoms with Crippen LogP contribution in [0.25, 0.3) is 11.4 Å². The Kier molecular flexibility index (Phi) is 6.70. The van der Waals surface area contributed by atoms with Gasteiger partial charge in [0.1, 0.15) is 0 Å². The van der Waals surface area contributed by atoms with Gasteiger partial charge in [0.05, 0.1) is 26.5 Å². The van der Waals surface area contributed by atoms with Crippen LogP contribution in [0.5, 0.6) is 0 Å². The van der Waals surface area contributed by atoms with E-state index in [1.54, 1.807) is 0 Å². The number of hydrogen-bond acceptors (Lipinski definition) is 4. The van der Waals surface area contributed by atoms with Crippen molar-refractivity contribution in [3.63, 3.8) is 0 Å². The first-order valence-electron chi connectivity index (χ1n) is 7.57. The third-order valence-electron chi connectivity index (χ3n) is 3.55. The second-order valence-corrected chi connectivity index (χ2v) is 8.53. The van der Waals surface area contributed by atoms with Crippen LogP contribution < -0.4 is 5.32 Å². The van der Waals surface area contributed by atoms with Crippen molar-refractivity contribution in [3.8, 4) is 11.4 Å². The maximum Gasteiger partial charge on any atom is 0.234 e. The maximum absolute atomic E-state index is 12.2. The van der Waals surface area contributed by atoms with Crippen LogP contribution in [-0.2, 0) is 11.8 Å². The molecule has 3 aromatic rings. The van der Waals surface area contributed by atoms with Gasteiger partial charge in [-0.25, -0.2) is 0 Å². The average molecular weight is 507 g/mol. The van der Waals surface area contributed by atoms with Crippen LogP contribution in [0.3, 0.4) is 0 Å². The highest BCUT2D eigenvalue weighted by molar-refractivity contribution is 9.10. The number of carbonyl (C=O) groups excluding carboxylic acids is 1. The van der Waals surface area contributed by atoms with Crippen LogP contribution in [0.4, 0.5) is 5.69 Å². The fraction of sp³-hybridized carbons (Fsp3) is 0.118. The molecule has 2 aromatic carbocycles. The molecule has 1 amide bonds. The van der Waals surface area contributed by atoms with Crippen LogP contribution >= 0.6 is 62.5 Å². The van der Waals surface area contributed by atoms with Gasteiger partial charge in [-0.05, 0) is 24.3 Å². The molecule has 1 N–H and O–H groups in total. The Labute approximate surface area is 183 Å². The van der Waals surface area contributed by atoms with Crippen molar-refractivity contribution in [2.24, 2.45) is 7.05 Å². The number of carbonyl (C=O) groups is 1. The number of hydrogen-bond donors (Lipinski definition) is 1. The van der Waals surface area contributed by atoms with Gasteiger partial charge < -0.3 is 9.88 Å². The summed E-state index contributed by atoms with van der Waals surface area (Å²) in [6.45, 7) is 0. The van der Waals surface area contributed by atoms with E-state index in [1.165, 1.54) is 23.9 Å². The fourth-order valence-electron chi connectivity index (χ4n) is 2.23. The molecule has 0 bridgehead atoms. The van der Waals surface area contributed by atoms with Crippen LogP contribution in [0, 0.1) is 0 Å². The Morgan fingerprint density at radius 2 is 1.78 bits per heavy atom. The molecule has 3 rings (SSSR count). The minimum absolute atomic E-state index is 0.142. The normalized spacial score (nSPS) is 10.9. The lowest BCUT2D eigenvalue weighted by Gasteiger charge is -2.08. The summed E-state index contributed by atoms with van der Waals surface area (Å²) in [7, 11) is 1.85. The average Bonchev–Trinajstić information content (AvgIpc) is 2.99. The van der Waals surface area contributed by atoms with Crippen molar-refractivity contribution in [1.82, 2.24) is 14.8 Å². The summed E-state index contributed by atoms with van der Waals surface area (Å²) in [6.07, 6.45) is 0. The molecule has 5 nitrogen and oxygen atoms in total. The summed E-state index contributed by atoms with van der Waals surface area (Å²) in [5, 5.41) is 12.7. The zero-order valence-electron chi connectivity index (χ0n) is 13.8. The monoisotopic (exact) mass is 504 g/mol. The van der Waals surface area contributed by atoms with Crippen molar-refractivity contribution in [2.45, 2.75) is 5.16 Å². The second-order valence-electron chi connectivity index (χ2n) is 5.46. The zero-order valence-corrected chi connectivity index (χ0v) is 18.5. The number of thioether (sulfide) groups is 1. The Morgan fingerprint density at radius 1 is 1.11 bits per heavy atom. The third-order valence-corrected chi connectivity index (χ3v) is 6.14. The first kappa shape index (κ1) is 20.5. The van der Waals surface area contributed by atoms with Gasteiger partial charge in [-0.15, -0.1) is 10.2 Å². The van der Waals surface area contributed by atoms with Crippen molar-refractivity contribution >= 4 is 74.1 Å². The van der Waals surface area contributed by atoms with Gasteiger partial charge >= 0.3 is 0 Å². The number of nitrogens with one attached hydrogen (secondary N) is 1. The first-order chi connectivity index (χ1) is 12.8. The van der Waals surface area contributed by atoms with Crippen molar-refractivity contribution < 1.29 is 4.79 Å². The first-order valence-corrected chi connectivity index (χ1v) is 10.5. The smallest absolute Gasteiger partial charge is 0.234 e. The van der Waals surface area contributed by atoms with Gasteiger partial charge in [-0.2, -0.15) is 0 Å². The number of aromatic nitrogens is 3. The lowest BCUT2D eigenvalue weighted by molar-refractivity contribution is -0.113. The summed E-state index contributed by atoms with van der Waals surface area (Å²) in [5.74, 6) is 0.620. The van der Waals surface area contributed by atoms with Gasteiger partial charge in [-0.3, -0.25) is 4.79 Å². The van der Waals surface area contributed by atoms with Gasteiger partial charge in [0, 0.05) is 17.1 Å². The topological polar surface area (TPSA) is 59.8 Å². The molecule has 0 saturated heterocycles. The molecule has 0 aliphatic rings. The molecule has 0 atom stereocenters. The van der Waals surface area contributed by atoms with Crippen molar-refractivity contribution in [3.05, 3.63) is 55.9 Å². The lowest BCUT2D eigenvalue weighted by atomic mass is 10.2. The summed E-state index contributed by atoms with van der Waals surface area (Å²) in [5.41, 5.74) is 1.34. The van der Waals surface area contributed by atoms with E-state index in [4.69, 9.17) is 34.8 Å². The molecule has 0 saturated carbocycles. The van der Waals surface area contributed by atoms with Crippen LogP contribution in [-0.4, -0.2) is 26.4 Å². The Hall–Kier alpha value is -1.25. The molecule has 0 unspecified atom stereocenters. The number of amides is 1. The summed E-state index contributed by atoms with van der Waals surface area (Å²) >= 11 is 22.6. The molecule has 1 aromatic heterocycles. The van der Waals surface area contributed by atoms with E-state index in [0.717, 1.165) is 15.9 Å². The van der Waals surface area contributed by atoms with Crippen LogP contribution in [0.15, 0.2) is 46.0 Å². The zero-order chi connectivity index (χ0) is 19.6. The van der Waals surface area contributed by atoms with Crippen LogP contribution in [0.2, 0.25) is 15.1 Å². The standard InChI is InChI=1S/C17H12BrCl3N4OS/c1-25-16(9-2-4-10(18)5-3-9)23-24-17(25)27-8-15(26)22-14-7-12(20)11(19)6-13(14)21/h2-7H,8H2,1H3,(H,22,26). The molecular formula is C17H12BrCl3N4OS. The molecule has 140 valence electrons. The van der Waals surface area contributed by atoms with Crippen molar-refractivity contribution in [1.29, 1.82) is 0 Å². The Balaban J connectivity index is 1.66. The van der Waals surface area contributed by atoms with E-state index in [0.29, 0.717) is 25.9 Å². The van der Waals surface area contributed by atoms with E-state index in [9.17, 15) is 4.79 Å². The summed E-state index contributed by atoms with van der Waals surface area (Å²) in [6, 6.07) is 10.8. The number of halogens is 4. The highest BCUT2D eigenvalue weighted by atomic mass is 79.9. The van der Waals surface area contributed by atoms with Gasteiger partial charge in [-0.1, -0.05) is 74.6 Å². The van der Waals surface area contributed by atoms with E-state index < -0.39 is 0 Å². The molecule has 27 heavy (non-hydrogen) atoms. The number of benzene rings is 2. The fourth-order valence-corrected chi connectivity index (χ4v) is 3.80. The quantitative estimate of drug-likeness (QED) is 0.344. The van der Waals surface area contributed by atoms with E-state index in [-0.39, 0.29) is 11.7 Å². The lowest BCUT2D eigenvalue weighted by Crippen LogP contribution is -2.14. The Morgan fingerprint density at radius 3 is 2.48 bits per heavy atom. The summed E-state index contributed by atoms with van der Waals surface area (Å²) < 4.78 is 2.83. The molecule has 0 spiro atoms. The summed E-state index contributed by atoms with van der Waals surface area (Å²) in [4.78, 5) is 12.2. The minimum atomic E-state index is -0.242. The molecule has 0 aliphatic heterocycles. The second kappa shape index (κ2) is 8.84. The molecular weight excluding hydrogens is 495 g/mol. The molecule has 0 radical (unpaired) electrons. The third kappa shape index (κ3) is 4.97. The molecule has 0 aliphatic carbocycles. The highest BCUT2D eigenvalue weighted by Gasteiger charge is 2.14. The number of rotatable bonds is 5. The SMILES string of the molecule is Cn1c(SCC(=O)Nc2cc(Cl)c(Cl)cc2Cl)nnc1-c1ccc(Br)cc1. The Bertz CT molecular complexity index is 995. The van der Waals surface area contributed by atoms with Gasteiger partial charge in [0.2, 0.25) is 5.91 Å². The molecule has 10 heteroatoms. The van der Waals surface area contributed by atoms with Crippen LogP contribution in [0.1, 0.15) is 0 Å². The number of nitrogens with zero attached hydrogens (tertiary/aromatic N) is 3. The van der Waals surface area contributed by atoms with E-state index in [1.807, 2.05) is 35.9 Å². The van der Waals surface area contributed by atoms with Crippen molar-refractivity contribution in [2.75, 3.05) is 11.1 Å². The maximum atomic E-state index is 12.2. The predicted octanol–water partition coefficient (Wildman–Crippen LogP) is 5.94. The van der Waals surface area contributed by atoms with E-state index >= 15 is 0 Å². The largest absolute Gasteiger partial charge is 0.324 e. The molecule has 0 fully saturated rings. The minimum Gasteiger partial charge on any atom is -0.324 e. The van der Waals surface area contributed by atoms with Gasteiger partial charge in [0.25, 0.3) is 0 Å². The predicted molar refractivity (Wildman–Crippen MR) is 115 cm³/mol. The van der Waals surface area contributed by atoms with E-state index in [2.05, 4.69) is 31.4 Å². The highest BCUT2D eigenvalue weighted by Crippen LogP contribution is 2.32. The molecule has 1 heterocycles. The number of anilines is 1.